The van der Waals surface area contributed by atoms with E-state index in [-0.39, 0.29) is 12.3 Å². The van der Waals surface area contributed by atoms with Crippen LogP contribution < -0.4 is 4.74 Å². The first kappa shape index (κ1) is 23.3. The van der Waals surface area contributed by atoms with E-state index in [1.54, 1.807) is 7.05 Å². The summed E-state index contributed by atoms with van der Waals surface area (Å²) in [5.41, 5.74) is 10.7. The maximum Gasteiger partial charge on any atom is 0.304 e. The lowest BCUT2D eigenvalue weighted by Gasteiger charge is -2.17. The number of benzene rings is 2. The molecule has 188 valence electrons. The van der Waals surface area contributed by atoms with Gasteiger partial charge in [-0.1, -0.05) is 18.2 Å². The van der Waals surface area contributed by atoms with E-state index < -0.39 is 5.97 Å². The lowest BCUT2D eigenvalue weighted by Crippen LogP contribution is -2.07. The highest BCUT2D eigenvalue weighted by molar-refractivity contribution is 5.78. The van der Waals surface area contributed by atoms with Gasteiger partial charge in [-0.05, 0) is 89.8 Å². The number of hydrogen-bond donors (Lipinski definition) is 1. The Labute approximate surface area is 215 Å². The van der Waals surface area contributed by atoms with Gasteiger partial charge in [0.1, 0.15) is 5.75 Å². The van der Waals surface area contributed by atoms with Gasteiger partial charge < -0.3 is 9.84 Å². The van der Waals surface area contributed by atoms with Crippen LogP contribution in [0.1, 0.15) is 58.2 Å². The number of carbonyl (C=O) groups is 1. The van der Waals surface area contributed by atoms with Gasteiger partial charge in [-0.2, -0.15) is 4.80 Å². The van der Waals surface area contributed by atoms with Crippen molar-refractivity contribution in [3.8, 4) is 28.3 Å². The Morgan fingerprint density at radius 3 is 2.68 bits per heavy atom. The molecule has 2 aliphatic rings. The summed E-state index contributed by atoms with van der Waals surface area (Å²) in [4.78, 5) is 17.3. The SMILES string of the molecule is Cc1cc(-c2nnn(C)n2)cc(C)c1-c1cccc2c1CC[C@H]2Cc1cc2c(cn1)[C@H](CC(=O)O)CO2. The van der Waals surface area contributed by atoms with Crippen LogP contribution in [0.5, 0.6) is 5.75 Å². The van der Waals surface area contributed by atoms with E-state index in [1.807, 2.05) is 12.3 Å². The Kier molecular flexibility index (Phi) is 5.74. The predicted molar refractivity (Wildman–Crippen MR) is 139 cm³/mol. The summed E-state index contributed by atoms with van der Waals surface area (Å²) in [6, 6.07) is 13.0. The van der Waals surface area contributed by atoms with Crippen molar-refractivity contribution < 1.29 is 14.6 Å². The van der Waals surface area contributed by atoms with E-state index >= 15 is 0 Å². The van der Waals surface area contributed by atoms with Crippen molar-refractivity contribution in [2.24, 2.45) is 7.05 Å². The molecule has 0 spiro atoms. The summed E-state index contributed by atoms with van der Waals surface area (Å²) in [6.45, 7) is 4.72. The molecule has 0 saturated heterocycles. The van der Waals surface area contributed by atoms with Crippen LogP contribution in [-0.4, -0.2) is 42.9 Å². The second kappa shape index (κ2) is 9.10. The Morgan fingerprint density at radius 2 is 1.95 bits per heavy atom. The first-order chi connectivity index (χ1) is 17.9. The third kappa shape index (κ3) is 4.26. The molecule has 8 heteroatoms. The third-order valence-electron chi connectivity index (χ3n) is 7.67. The van der Waals surface area contributed by atoms with Crippen LogP contribution in [0.4, 0.5) is 0 Å². The van der Waals surface area contributed by atoms with Gasteiger partial charge in [0.05, 0.1) is 20.1 Å². The smallest absolute Gasteiger partial charge is 0.304 e. The lowest BCUT2D eigenvalue weighted by molar-refractivity contribution is -0.137. The monoisotopic (exact) mass is 495 g/mol. The number of tetrazole rings is 1. The molecule has 2 aromatic heterocycles. The summed E-state index contributed by atoms with van der Waals surface area (Å²) in [5, 5.41) is 21.7. The van der Waals surface area contributed by atoms with Gasteiger partial charge in [-0.3, -0.25) is 9.78 Å². The number of carboxylic acid groups (broad SMARTS) is 1. The molecule has 0 fully saturated rings. The highest BCUT2D eigenvalue weighted by Gasteiger charge is 2.30. The molecular weight excluding hydrogens is 466 g/mol. The molecule has 3 heterocycles. The summed E-state index contributed by atoms with van der Waals surface area (Å²) in [7, 11) is 1.77. The molecule has 0 saturated carbocycles. The number of aliphatic carboxylic acids is 1. The molecule has 2 aromatic carbocycles. The largest absolute Gasteiger partial charge is 0.493 e. The van der Waals surface area contributed by atoms with Gasteiger partial charge >= 0.3 is 5.97 Å². The minimum atomic E-state index is -0.811. The number of fused-ring (bicyclic) bond motifs is 2. The number of rotatable bonds is 6. The van der Waals surface area contributed by atoms with E-state index in [4.69, 9.17) is 14.8 Å². The molecule has 37 heavy (non-hydrogen) atoms. The number of aryl methyl sites for hydroxylation is 3. The zero-order chi connectivity index (χ0) is 25.7. The van der Waals surface area contributed by atoms with Crippen LogP contribution in [0.2, 0.25) is 0 Å². The molecule has 0 bridgehead atoms. The number of ether oxygens (including phenoxy) is 1. The summed E-state index contributed by atoms with van der Waals surface area (Å²) in [6.07, 6.45) is 4.84. The molecule has 0 unspecified atom stereocenters. The Hall–Kier alpha value is -4.07. The highest BCUT2D eigenvalue weighted by atomic mass is 16.5. The standard InChI is InChI=1S/C29H29N5O3/c1-16-9-19(29-31-33-34(3)32-29)10-17(2)28(16)24-6-4-5-22-18(7-8-23(22)24)11-21-13-26-25(14-30-21)20(15-37-26)12-27(35)36/h4-6,9-10,13-14,18,20H,7-8,11-12,15H2,1-3H3,(H,35,36)/t18-,20+/m0/s1. The average Bonchev–Trinajstić information content (AvgIpc) is 3.58. The number of aromatic nitrogens is 5. The molecule has 0 radical (unpaired) electrons. The predicted octanol–water partition coefficient (Wildman–Crippen LogP) is 4.78. The van der Waals surface area contributed by atoms with Gasteiger partial charge in [0.25, 0.3) is 0 Å². The van der Waals surface area contributed by atoms with Crippen LogP contribution in [0, 0.1) is 13.8 Å². The lowest BCUT2D eigenvalue weighted by atomic mass is 9.88. The molecule has 1 N–H and O–H groups in total. The minimum Gasteiger partial charge on any atom is -0.493 e. The zero-order valence-corrected chi connectivity index (χ0v) is 21.2. The Bertz CT molecular complexity index is 1500. The van der Waals surface area contributed by atoms with E-state index in [9.17, 15) is 4.79 Å². The first-order valence-electron chi connectivity index (χ1n) is 12.7. The van der Waals surface area contributed by atoms with Crippen molar-refractivity contribution >= 4 is 5.97 Å². The second-order valence-electron chi connectivity index (χ2n) is 10.2. The number of pyridine rings is 1. The van der Waals surface area contributed by atoms with Gasteiger partial charge in [0, 0.05) is 35.0 Å². The quantitative estimate of drug-likeness (QED) is 0.411. The molecule has 6 rings (SSSR count). The fourth-order valence-corrected chi connectivity index (χ4v) is 6.05. The van der Waals surface area contributed by atoms with Crippen LogP contribution in [0.25, 0.3) is 22.5 Å². The first-order valence-corrected chi connectivity index (χ1v) is 12.7. The van der Waals surface area contributed by atoms with E-state index in [0.29, 0.717) is 18.3 Å². The van der Waals surface area contributed by atoms with Crippen molar-refractivity contribution in [3.05, 3.63) is 76.1 Å². The van der Waals surface area contributed by atoms with Crippen LogP contribution in [0.15, 0.2) is 42.6 Å². The molecule has 4 aromatic rings. The van der Waals surface area contributed by atoms with Crippen molar-refractivity contribution in [1.82, 2.24) is 25.2 Å². The number of hydrogen-bond acceptors (Lipinski definition) is 6. The topological polar surface area (TPSA) is 103 Å². The van der Waals surface area contributed by atoms with Gasteiger partial charge in [0.15, 0.2) is 0 Å². The maximum absolute atomic E-state index is 11.1. The fraction of sp³-hybridized carbons (Fsp3) is 0.345. The molecule has 8 nitrogen and oxygen atoms in total. The van der Waals surface area contributed by atoms with Gasteiger partial charge in [0.2, 0.25) is 5.82 Å². The summed E-state index contributed by atoms with van der Waals surface area (Å²) >= 11 is 0. The molecule has 0 amide bonds. The molecule has 1 aliphatic heterocycles. The average molecular weight is 496 g/mol. The Balaban J connectivity index is 1.28. The molecular formula is C29H29N5O3. The van der Waals surface area contributed by atoms with Gasteiger partial charge in [-0.25, -0.2) is 0 Å². The van der Waals surface area contributed by atoms with Gasteiger partial charge in [-0.15, -0.1) is 10.2 Å². The second-order valence-corrected chi connectivity index (χ2v) is 10.2. The van der Waals surface area contributed by atoms with Crippen molar-refractivity contribution in [2.75, 3.05) is 6.61 Å². The minimum absolute atomic E-state index is 0.0713. The normalized spacial score (nSPS) is 17.9. The number of nitrogens with zero attached hydrogens (tertiary/aromatic N) is 5. The van der Waals surface area contributed by atoms with E-state index in [1.165, 1.54) is 38.2 Å². The fourth-order valence-electron chi connectivity index (χ4n) is 6.05. The van der Waals surface area contributed by atoms with Crippen molar-refractivity contribution in [1.29, 1.82) is 0 Å². The maximum atomic E-state index is 11.1. The van der Waals surface area contributed by atoms with Crippen molar-refractivity contribution in [3.63, 3.8) is 0 Å². The van der Waals surface area contributed by atoms with Crippen LogP contribution in [0.3, 0.4) is 0 Å². The van der Waals surface area contributed by atoms with E-state index in [0.717, 1.165) is 41.8 Å². The van der Waals surface area contributed by atoms with Crippen LogP contribution >= 0.6 is 0 Å². The molecule has 2 atom stereocenters. The van der Waals surface area contributed by atoms with Crippen molar-refractivity contribution in [2.45, 2.75) is 51.4 Å². The molecule has 1 aliphatic carbocycles. The van der Waals surface area contributed by atoms with E-state index in [2.05, 4.69) is 59.6 Å². The van der Waals surface area contributed by atoms with Crippen LogP contribution in [-0.2, 0) is 24.7 Å². The highest BCUT2D eigenvalue weighted by Crippen LogP contribution is 2.43. The zero-order valence-electron chi connectivity index (χ0n) is 21.2. The Morgan fingerprint density at radius 1 is 1.14 bits per heavy atom. The summed E-state index contributed by atoms with van der Waals surface area (Å²) < 4.78 is 5.82. The summed E-state index contributed by atoms with van der Waals surface area (Å²) in [5.74, 6) is 0.882. The number of carboxylic acids is 1. The third-order valence-corrected chi connectivity index (χ3v) is 7.67.